The summed E-state index contributed by atoms with van der Waals surface area (Å²) in [5, 5.41) is 0. The van der Waals surface area contributed by atoms with Crippen LogP contribution in [-0.2, 0) is 0 Å². The summed E-state index contributed by atoms with van der Waals surface area (Å²) in [5.41, 5.74) is 2.90. The molecule has 3 heteroatoms. The highest BCUT2D eigenvalue weighted by molar-refractivity contribution is 7.99. The van der Waals surface area contributed by atoms with Crippen LogP contribution >= 0.6 is 11.8 Å². The van der Waals surface area contributed by atoms with Crippen molar-refractivity contribution in [1.29, 1.82) is 0 Å². The summed E-state index contributed by atoms with van der Waals surface area (Å²) in [7, 11) is 0. The van der Waals surface area contributed by atoms with Gasteiger partial charge in [0.25, 0.3) is 0 Å². The van der Waals surface area contributed by atoms with Crippen molar-refractivity contribution in [2.75, 3.05) is 32.0 Å². The molecule has 2 heterocycles. The van der Waals surface area contributed by atoms with Crippen LogP contribution in [0.3, 0.4) is 0 Å². The largest absolute Gasteiger partial charge is 0.494 e. The molecule has 2 aromatic rings. The minimum absolute atomic E-state index is 0.496. The molecule has 2 aliphatic heterocycles. The van der Waals surface area contributed by atoms with Gasteiger partial charge in [0.15, 0.2) is 0 Å². The fraction of sp³-hybridized carbons (Fsp3) is 0.520. The fourth-order valence-electron chi connectivity index (χ4n) is 4.58. The Labute approximate surface area is 174 Å². The first-order valence-electron chi connectivity index (χ1n) is 11.0. The molecule has 0 amide bonds. The number of nitrogens with zero attached hydrogens (tertiary/aromatic N) is 1. The van der Waals surface area contributed by atoms with Crippen LogP contribution < -0.4 is 4.74 Å². The van der Waals surface area contributed by atoms with Gasteiger partial charge in [0.1, 0.15) is 5.75 Å². The standard InChI is InChI=1S/C25H33NOS/c1-20-19-28-24-10-4-3-9-23(24)25(20)21-11-13-22(14-12-21)27-18-8-7-17-26-15-5-2-6-16-26/h3-4,9-14,20,25H,2,5-8,15-19H2,1H3. The Morgan fingerprint density at radius 2 is 1.75 bits per heavy atom. The average Bonchev–Trinajstić information content (AvgIpc) is 2.75. The summed E-state index contributed by atoms with van der Waals surface area (Å²) in [5.74, 6) is 3.35. The zero-order chi connectivity index (χ0) is 19.2. The number of benzene rings is 2. The lowest BCUT2D eigenvalue weighted by molar-refractivity contribution is 0.216. The van der Waals surface area contributed by atoms with Crippen LogP contribution in [0.15, 0.2) is 53.4 Å². The molecule has 0 aliphatic carbocycles. The monoisotopic (exact) mass is 395 g/mol. The molecule has 2 nitrogen and oxygen atoms in total. The second kappa shape index (κ2) is 9.84. The molecule has 2 unspecified atom stereocenters. The number of thioether (sulfide) groups is 1. The normalized spacial score (nSPS) is 22.6. The average molecular weight is 396 g/mol. The van der Waals surface area contributed by atoms with Crippen molar-refractivity contribution in [3.63, 3.8) is 0 Å². The highest BCUT2D eigenvalue weighted by atomic mass is 32.2. The van der Waals surface area contributed by atoms with Crippen molar-refractivity contribution >= 4 is 11.8 Å². The second-order valence-electron chi connectivity index (χ2n) is 8.33. The lowest BCUT2D eigenvalue weighted by atomic mass is 9.82. The lowest BCUT2D eigenvalue weighted by Gasteiger charge is -2.31. The number of fused-ring (bicyclic) bond motifs is 1. The maximum atomic E-state index is 6.01. The topological polar surface area (TPSA) is 12.5 Å². The smallest absolute Gasteiger partial charge is 0.119 e. The quantitative estimate of drug-likeness (QED) is 0.518. The first-order chi connectivity index (χ1) is 13.8. The predicted octanol–water partition coefficient (Wildman–Crippen LogP) is 6.21. The zero-order valence-corrected chi connectivity index (χ0v) is 17.9. The summed E-state index contributed by atoms with van der Waals surface area (Å²) in [4.78, 5) is 4.05. The van der Waals surface area contributed by atoms with E-state index in [1.807, 2.05) is 11.8 Å². The van der Waals surface area contributed by atoms with Crippen molar-refractivity contribution in [3.8, 4) is 5.75 Å². The van der Waals surface area contributed by atoms with E-state index in [0.717, 1.165) is 18.8 Å². The van der Waals surface area contributed by atoms with Crippen LogP contribution in [-0.4, -0.2) is 36.9 Å². The van der Waals surface area contributed by atoms with E-state index in [0.29, 0.717) is 11.8 Å². The highest BCUT2D eigenvalue weighted by Gasteiger charge is 2.28. The summed E-state index contributed by atoms with van der Waals surface area (Å²) in [6.45, 7) is 7.03. The van der Waals surface area contributed by atoms with E-state index in [4.69, 9.17) is 4.74 Å². The Bertz CT molecular complexity index is 738. The van der Waals surface area contributed by atoms with Crippen LogP contribution in [0.1, 0.15) is 56.1 Å². The maximum absolute atomic E-state index is 6.01. The maximum Gasteiger partial charge on any atom is 0.119 e. The molecule has 2 atom stereocenters. The van der Waals surface area contributed by atoms with Gasteiger partial charge in [0, 0.05) is 16.6 Å². The Kier molecular flexibility index (Phi) is 6.98. The fourth-order valence-corrected chi connectivity index (χ4v) is 5.75. The van der Waals surface area contributed by atoms with Crippen LogP contribution in [0.2, 0.25) is 0 Å². The Hall–Kier alpha value is -1.45. The third kappa shape index (κ3) is 4.93. The third-order valence-electron chi connectivity index (χ3n) is 6.15. The number of likely N-dealkylation sites (tertiary alicyclic amines) is 1. The van der Waals surface area contributed by atoms with Crippen molar-refractivity contribution in [2.24, 2.45) is 5.92 Å². The molecule has 0 N–H and O–H groups in total. The van der Waals surface area contributed by atoms with Crippen molar-refractivity contribution in [2.45, 2.75) is 49.8 Å². The van der Waals surface area contributed by atoms with Crippen LogP contribution in [0.5, 0.6) is 5.75 Å². The number of piperidine rings is 1. The minimum Gasteiger partial charge on any atom is -0.494 e. The molecule has 1 fully saturated rings. The minimum atomic E-state index is 0.496. The first kappa shape index (κ1) is 19.8. The molecular formula is C25H33NOS. The molecule has 2 aliphatic rings. The molecule has 4 rings (SSSR count). The van der Waals surface area contributed by atoms with E-state index in [9.17, 15) is 0 Å². The van der Waals surface area contributed by atoms with Gasteiger partial charge in [0.05, 0.1) is 6.61 Å². The lowest BCUT2D eigenvalue weighted by Crippen LogP contribution is -2.30. The highest BCUT2D eigenvalue weighted by Crippen LogP contribution is 2.44. The van der Waals surface area contributed by atoms with E-state index in [-0.39, 0.29) is 0 Å². The Morgan fingerprint density at radius 3 is 2.57 bits per heavy atom. The molecular weight excluding hydrogens is 362 g/mol. The van der Waals surface area contributed by atoms with E-state index < -0.39 is 0 Å². The van der Waals surface area contributed by atoms with Crippen LogP contribution in [0.25, 0.3) is 0 Å². The molecule has 1 saturated heterocycles. The van der Waals surface area contributed by atoms with E-state index >= 15 is 0 Å². The number of hydrogen-bond acceptors (Lipinski definition) is 3. The molecule has 0 radical (unpaired) electrons. The van der Waals surface area contributed by atoms with Gasteiger partial charge in [-0.3, -0.25) is 0 Å². The van der Waals surface area contributed by atoms with E-state index in [2.05, 4.69) is 60.4 Å². The summed E-state index contributed by atoms with van der Waals surface area (Å²) in [6.07, 6.45) is 6.56. The molecule has 0 bridgehead atoms. The second-order valence-corrected chi connectivity index (χ2v) is 9.39. The van der Waals surface area contributed by atoms with Crippen molar-refractivity contribution in [3.05, 3.63) is 59.7 Å². The molecule has 150 valence electrons. The van der Waals surface area contributed by atoms with Gasteiger partial charge in [-0.1, -0.05) is 43.7 Å². The number of rotatable bonds is 7. The van der Waals surface area contributed by atoms with Crippen molar-refractivity contribution < 1.29 is 4.74 Å². The van der Waals surface area contributed by atoms with Gasteiger partial charge in [-0.2, -0.15) is 0 Å². The summed E-state index contributed by atoms with van der Waals surface area (Å²) in [6, 6.07) is 17.8. The Balaban J connectivity index is 1.28. The summed E-state index contributed by atoms with van der Waals surface area (Å²) < 4.78 is 6.01. The van der Waals surface area contributed by atoms with E-state index in [1.165, 1.54) is 67.1 Å². The van der Waals surface area contributed by atoms with Gasteiger partial charge < -0.3 is 9.64 Å². The molecule has 0 spiro atoms. The van der Waals surface area contributed by atoms with Gasteiger partial charge in [-0.15, -0.1) is 11.8 Å². The van der Waals surface area contributed by atoms with E-state index in [1.54, 1.807) is 0 Å². The van der Waals surface area contributed by atoms with Gasteiger partial charge >= 0.3 is 0 Å². The first-order valence-corrected chi connectivity index (χ1v) is 12.0. The van der Waals surface area contributed by atoms with Crippen LogP contribution in [0, 0.1) is 5.92 Å². The number of hydrogen-bond donors (Lipinski definition) is 0. The molecule has 2 aromatic carbocycles. The summed E-state index contributed by atoms with van der Waals surface area (Å²) >= 11 is 2.00. The molecule has 0 saturated carbocycles. The number of ether oxygens (including phenoxy) is 1. The Morgan fingerprint density at radius 1 is 0.964 bits per heavy atom. The predicted molar refractivity (Wildman–Crippen MR) is 120 cm³/mol. The van der Waals surface area contributed by atoms with Crippen LogP contribution in [0.4, 0.5) is 0 Å². The van der Waals surface area contributed by atoms with Crippen molar-refractivity contribution in [1.82, 2.24) is 4.90 Å². The zero-order valence-electron chi connectivity index (χ0n) is 17.1. The number of unbranched alkanes of at least 4 members (excludes halogenated alkanes) is 1. The third-order valence-corrected chi connectivity index (χ3v) is 7.53. The molecule has 28 heavy (non-hydrogen) atoms. The van der Waals surface area contributed by atoms with Gasteiger partial charge in [-0.05, 0) is 80.6 Å². The van der Waals surface area contributed by atoms with Gasteiger partial charge in [0.2, 0.25) is 0 Å². The van der Waals surface area contributed by atoms with Gasteiger partial charge in [-0.25, -0.2) is 0 Å². The SMILES string of the molecule is CC1CSc2ccccc2C1c1ccc(OCCCCN2CCCCC2)cc1. The molecule has 0 aromatic heterocycles.